The third kappa shape index (κ3) is 3.19. The van der Waals surface area contributed by atoms with E-state index in [1.54, 1.807) is 6.07 Å². The lowest BCUT2D eigenvalue weighted by Crippen LogP contribution is -2.23. The molecular weight excluding hydrogens is 216 g/mol. The number of rotatable bonds is 4. The van der Waals surface area contributed by atoms with Crippen LogP contribution in [0.2, 0.25) is 0 Å². The predicted molar refractivity (Wildman–Crippen MR) is 66.2 cm³/mol. The normalized spacial score (nSPS) is 22.3. The second-order valence-electron chi connectivity index (χ2n) is 4.69. The fourth-order valence-electron chi connectivity index (χ4n) is 2.51. The summed E-state index contributed by atoms with van der Waals surface area (Å²) in [6.45, 7) is 2.98. The molecule has 2 atom stereocenters. The standard InChI is InChI=1S/C14H20O3/c1-2-11(10-12-6-3-4-8-16-12)13-7-5-9-17-14(13)15/h5,7,9,11-12H,2-4,6,8,10H2,1H3. The average molecular weight is 236 g/mol. The van der Waals surface area contributed by atoms with Gasteiger partial charge in [0.25, 0.3) is 0 Å². The highest BCUT2D eigenvalue weighted by Gasteiger charge is 2.21. The summed E-state index contributed by atoms with van der Waals surface area (Å²) >= 11 is 0. The Labute approximate surface area is 102 Å². The van der Waals surface area contributed by atoms with E-state index in [0.29, 0.717) is 6.10 Å². The van der Waals surface area contributed by atoms with Crippen molar-refractivity contribution >= 4 is 0 Å². The first-order valence-electron chi connectivity index (χ1n) is 6.50. The SMILES string of the molecule is CCC(CC1CCCCO1)c1cccoc1=O. The number of hydrogen-bond donors (Lipinski definition) is 0. The van der Waals surface area contributed by atoms with Crippen molar-refractivity contribution < 1.29 is 9.15 Å². The summed E-state index contributed by atoms with van der Waals surface area (Å²) < 4.78 is 10.7. The third-order valence-corrected chi connectivity index (χ3v) is 3.52. The number of ether oxygens (including phenoxy) is 1. The summed E-state index contributed by atoms with van der Waals surface area (Å²) in [5.74, 6) is 0.260. The van der Waals surface area contributed by atoms with Crippen LogP contribution in [0.15, 0.2) is 27.6 Å². The van der Waals surface area contributed by atoms with Gasteiger partial charge in [-0.05, 0) is 50.2 Å². The highest BCUT2D eigenvalue weighted by Crippen LogP contribution is 2.27. The maximum Gasteiger partial charge on any atom is 0.339 e. The molecule has 0 spiro atoms. The first-order valence-corrected chi connectivity index (χ1v) is 6.50. The van der Waals surface area contributed by atoms with E-state index in [1.165, 1.54) is 19.1 Å². The molecule has 0 bridgehead atoms. The van der Waals surface area contributed by atoms with Crippen LogP contribution in [-0.2, 0) is 4.74 Å². The van der Waals surface area contributed by atoms with E-state index < -0.39 is 0 Å². The van der Waals surface area contributed by atoms with Gasteiger partial charge in [-0.1, -0.05) is 6.92 Å². The Morgan fingerprint density at radius 1 is 1.47 bits per heavy atom. The summed E-state index contributed by atoms with van der Waals surface area (Å²) in [6.07, 6.45) is 7.17. The third-order valence-electron chi connectivity index (χ3n) is 3.52. The van der Waals surface area contributed by atoms with Crippen molar-refractivity contribution in [1.82, 2.24) is 0 Å². The Morgan fingerprint density at radius 2 is 2.35 bits per heavy atom. The summed E-state index contributed by atoms with van der Waals surface area (Å²) in [4.78, 5) is 11.7. The van der Waals surface area contributed by atoms with Gasteiger partial charge >= 0.3 is 5.63 Å². The van der Waals surface area contributed by atoms with Crippen LogP contribution in [0, 0.1) is 0 Å². The lowest BCUT2D eigenvalue weighted by Gasteiger charge is -2.26. The first-order chi connectivity index (χ1) is 8.31. The van der Waals surface area contributed by atoms with Crippen LogP contribution in [0.1, 0.15) is 50.5 Å². The van der Waals surface area contributed by atoms with E-state index in [9.17, 15) is 4.79 Å². The fraction of sp³-hybridized carbons (Fsp3) is 0.643. The Kier molecular flexibility index (Phi) is 4.37. The molecule has 2 heterocycles. The quantitative estimate of drug-likeness (QED) is 0.806. The minimum atomic E-state index is -0.199. The molecule has 17 heavy (non-hydrogen) atoms. The van der Waals surface area contributed by atoms with Crippen molar-refractivity contribution in [2.75, 3.05) is 6.61 Å². The molecule has 1 saturated heterocycles. The van der Waals surface area contributed by atoms with E-state index in [-0.39, 0.29) is 11.5 Å². The van der Waals surface area contributed by atoms with Gasteiger partial charge in [0.15, 0.2) is 0 Å². The van der Waals surface area contributed by atoms with Gasteiger partial charge in [-0.15, -0.1) is 0 Å². The van der Waals surface area contributed by atoms with Gasteiger partial charge in [-0.2, -0.15) is 0 Å². The molecule has 0 N–H and O–H groups in total. The summed E-state index contributed by atoms with van der Waals surface area (Å²) in [7, 11) is 0. The van der Waals surface area contributed by atoms with E-state index in [0.717, 1.165) is 31.4 Å². The van der Waals surface area contributed by atoms with Gasteiger partial charge in [0.2, 0.25) is 0 Å². The maximum atomic E-state index is 11.7. The van der Waals surface area contributed by atoms with Crippen LogP contribution in [0.3, 0.4) is 0 Å². The summed E-state index contributed by atoms with van der Waals surface area (Å²) in [6, 6.07) is 3.67. The number of hydrogen-bond acceptors (Lipinski definition) is 3. The van der Waals surface area contributed by atoms with Crippen LogP contribution in [0.4, 0.5) is 0 Å². The van der Waals surface area contributed by atoms with Crippen molar-refractivity contribution in [3.8, 4) is 0 Å². The Morgan fingerprint density at radius 3 is 3.00 bits per heavy atom. The second-order valence-corrected chi connectivity index (χ2v) is 4.69. The summed E-state index contributed by atoms with van der Waals surface area (Å²) in [5.41, 5.74) is 0.597. The molecule has 1 aromatic rings. The van der Waals surface area contributed by atoms with E-state index in [2.05, 4.69) is 6.92 Å². The van der Waals surface area contributed by atoms with Crippen LogP contribution in [0.5, 0.6) is 0 Å². The van der Waals surface area contributed by atoms with Crippen LogP contribution in [-0.4, -0.2) is 12.7 Å². The molecule has 2 rings (SSSR count). The van der Waals surface area contributed by atoms with Crippen molar-refractivity contribution in [2.24, 2.45) is 0 Å². The summed E-state index contributed by atoms with van der Waals surface area (Å²) in [5, 5.41) is 0. The molecule has 0 aromatic carbocycles. The molecule has 0 amide bonds. The minimum absolute atomic E-state index is 0.199. The molecule has 0 aliphatic carbocycles. The zero-order chi connectivity index (χ0) is 12.1. The fourth-order valence-corrected chi connectivity index (χ4v) is 2.51. The predicted octanol–water partition coefficient (Wildman–Crippen LogP) is 3.09. The zero-order valence-electron chi connectivity index (χ0n) is 10.4. The molecular formula is C14H20O3. The monoisotopic (exact) mass is 236 g/mol. The van der Waals surface area contributed by atoms with E-state index in [4.69, 9.17) is 9.15 Å². The highest BCUT2D eigenvalue weighted by atomic mass is 16.5. The molecule has 1 aromatic heterocycles. The largest absolute Gasteiger partial charge is 0.431 e. The minimum Gasteiger partial charge on any atom is -0.431 e. The topological polar surface area (TPSA) is 39.4 Å². The highest BCUT2D eigenvalue weighted by molar-refractivity contribution is 5.13. The molecule has 2 unspecified atom stereocenters. The van der Waals surface area contributed by atoms with Gasteiger partial charge < -0.3 is 9.15 Å². The van der Waals surface area contributed by atoms with E-state index in [1.807, 2.05) is 6.07 Å². The molecule has 0 saturated carbocycles. The first kappa shape index (κ1) is 12.4. The molecule has 3 heteroatoms. The molecule has 3 nitrogen and oxygen atoms in total. The molecule has 1 aliphatic heterocycles. The Hall–Kier alpha value is -1.09. The lowest BCUT2D eigenvalue weighted by atomic mass is 9.90. The van der Waals surface area contributed by atoms with Crippen molar-refractivity contribution in [3.63, 3.8) is 0 Å². The van der Waals surface area contributed by atoms with Crippen molar-refractivity contribution in [1.29, 1.82) is 0 Å². The molecule has 0 radical (unpaired) electrons. The second kappa shape index (κ2) is 6.01. The Balaban J connectivity index is 2.05. The van der Waals surface area contributed by atoms with Gasteiger partial charge in [-0.25, -0.2) is 4.79 Å². The van der Waals surface area contributed by atoms with Crippen molar-refractivity contribution in [2.45, 2.75) is 51.0 Å². The lowest BCUT2D eigenvalue weighted by molar-refractivity contribution is 0.00660. The zero-order valence-corrected chi connectivity index (χ0v) is 10.4. The van der Waals surface area contributed by atoms with Crippen LogP contribution in [0.25, 0.3) is 0 Å². The molecule has 94 valence electrons. The molecule has 1 fully saturated rings. The smallest absolute Gasteiger partial charge is 0.339 e. The van der Waals surface area contributed by atoms with Gasteiger partial charge in [0, 0.05) is 12.2 Å². The van der Waals surface area contributed by atoms with Crippen molar-refractivity contribution in [3.05, 3.63) is 34.4 Å². The average Bonchev–Trinajstić information content (AvgIpc) is 2.38. The van der Waals surface area contributed by atoms with Gasteiger partial charge in [0.1, 0.15) is 0 Å². The van der Waals surface area contributed by atoms with Gasteiger partial charge in [0.05, 0.1) is 12.4 Å². The Bertz CT molecular complexity index is 390. The van der Waals surface area contributed by atoms with Gasteiger partial charge in [-0.3, -0.25) is 0 Å². The molecule has 1 aliphatic rings. The maximum absolute atomic E-state index is 11.7. The van der Waals surface area contributed by atoms with Crippen LogP contribution < -0.4 is 5.63 Å². The van der Waals surface area contributed by atoms with E-state index >= 15 is 0 Å². The van der Waals surface area contributed by atoms with Crippen LogP contribution >= 0.6 is 0 Å².